The van der Waals surface area contributed by atoms with Crippen molar-refractivity contribution in [2.75, 3.05) is 44.7 Å². The number of nitrogens with one attached hydrogen (secondary N) is 1. The molecule has 110 valence electrons. The summed E-state index contributed by atoms with van der Waals surface area (Å²) >= 11 is 3.33. The monoisotopic (exact) mass is 341 g/mol. The van der Waals surface area contributed by atoms with Gasteiger partial charge in [-0.1, -0.05) is 6.92 Å². The first-order valence-electron chi connectivity index (χ1n) is 6.77. The van der Waals surface area contributed by atoms with Crippen molar-refractivity contribution in [1.82, 2.24) is 20.2 Å². The van der Waals surface area contributed by atoms with Crippen molar-refractivity contribution in [2.45, 2.75) is 6.92 Å². The highest BCUT2D eigenvalue weighted by molar-refractivity contribution is 9.10. The van der Waals surface area contributed by atoms with Crippen LogP contribution in [0, 0.1) is 5.92 Å². The number of amides is 1. The van der Waals surface area contributed by atoms with Crippen LogP contribution < -0.4 is 10.2 Å². The third kappa shape index (κ3) is 3.67. The molecule has 1 aromatic heterocycles. The minimum absolute atomic E-state index is 0.0236. The fourth-order valence-electron chi connectivity index (χ4n) is 2.30. The lowest BCUT2D eigenvalue weighted by Gasteiger charge is -2.35. The highest BCUT2D eigenvalue weighted by Crippen LogP contribution is 2.14. The highest BCUT2D eigenvalue weighted by atomic mass is 79.9. The lowest BCUT2D eigenvalue weighted by molar-refractivity contribution is -0.135. The van der Waals surface area contributed by atoms with Crippen LogP contribution in [0.4, 0.5) is 5.95 Å². The number of nitrogens with zero attached hydrogens (tertiary/aromatic N) is 4. The van der Waals surface area contributed by atoms with Crippen molar-refractivity contribution in [3.63, 3.8) is 0 Å². The Morgan fingerprint density at radius 2 is 1.95 bits per heavy atom. The summed E-state index contributed by atoms with van der Waals surface area (Å²) in [6, 6.07) is 0. The lowest BCUT2D eigenvalue weighted by atomic mass is 10.1. The maximum absolute atomic E-state index is 12.2. The summed E-state index contributed by atoms with van der Waals surface area (Å²) in [5.41, 5.74) is 0. The van der Waals surface area contributed by atoms with Crippen LogP contribution in [0.1, 0.15) is 6.92 Å². The molecule has 20 heavy (non-hydrogen) atoms. The second-order valence-electron chi connectivity index (χ2n) is 4.97. The maximum Gasteiger partial charge on any atom is 0.226 e. The van der Waals surface area contributed by atoms with Crippen molar-refractivity contribution in [3.8, 4) is 0 Å². The fraction of sp³-hybridized carbons (Fsp3) is 0.615. The predicted octanol–water partition coefficient (Wildman–Crippen LogP) is 0.743. The van der Waals surface area contributed by atoms with E-state index in [4.69, 9.17) is 0 Å². The number of hydrogen-bond donors (Lipinski definition) is 1. The van der Waals surface area contributed by atoms with Crippen LogP contribution in [0.25, 0.3) is 0 Å². The Morgan fingerprint density at radius 3 is 2.50 bits per heavy atom. The van der Waals surface area contributed by atoms with Crippen LogP contribution in [-0.4, -0.2) is 60.5 Å². The number of carbonyl (C=O) groups excluding carboxylic acids is 1. The molecule has 1 amide bonds. The molecule has 1 aliphatic rings. The van der Waals surface area contributed by atoms with Gasteiger partial charge in [0, 0.05) is 51.0 Å². The second kappa shape index (κ2) is 6.99. The molecule has 0 saturated carbocycles. The van der Waals surface area contributed by atoms with Gasteiger partial charge in [-0.25, -0.2) is 9.97 Å². The molecule has 1 N–H and O–H groups in total. The molecule has 0 radical (unpaired) electrons. The Bertz CT molecular complexity index is 445. The van der Waals surface area contributed by atoms with E-state index >= 15 is 0 Å². The van der Waals surface area contributed by atoms with Crippen LogP contribution in [0.15, 0.2) is 16.9 Å². The number of piperazine rings is 1. The largest absolute Gasteiger partial charge is 0.339 e. The van der Waals surface area contributed by atoms with Crippen LogP contribution >= 0.6 is 15.9 Å². The molecule has 2 rings (SSSR count). The third-order valence-electron chi connectivity index (χ3n) is 3.41. The average Bonchev–Trinajstić information content (AvgIpc) is 2.48. The van der Waals surface area contributed by atoms with E-state index in [2.05, 4.69) is 36.1 Å². The minimum Gasteiger partial charge on any atom is -0.339 e. The molecule has 0 aliphatic carbocycles. The quantitative estimate of drug-likeness (QED) is 0.875. The van der Waals surface area contributed by atoms with Crippen molar-refractivity contribution in [3.05, 3.63) is 16.9 Å². The molecule has 1 unspecified atom stereocenters. The SMILES string of the molecule is CNCC(C)C(=O)N1CCN(c2ncc(Br)cn2)CC1. The molecular weight excluding hydrogens is 322 g/mol. The maximum atomic E-state index is 12.2. The predicted molar refractivity (Wildman–Crippen MR) is 81.6 cm³/mol. The Morgan fingerprint density at radius 1 is 1.35 bits per heavy atom. The zero-order valence-electron chi connectivity index (χ0n) is 11.8. The van der Waals surface area contributed by atoms with Crippen molar-refractivity contribution in [2.24, 2.45) is 5.92 Å². The summed E-state index contributed by atoms with van der Waals surface area (Å²) < 4.78 is 0.871. The topological polar surface area (TPSA) is 61.4 Å². The first-order valence-corrected chi connectivity index (χ1v) is 7.57. The highest BCUT2D eigenvalue weighted by Gasteiger charge is 2.25. The molecule has 0 bridgehead atoms. The molecule has 7 heteroatoms. The van der Waals surface area contributed by atoms with E-state index in [-0.39, 0.29) is 11.8 Å². The van der Waals surface area contributed by atoms with E-state index in [1.165, 1.54) is 0 Å². The van der Waals surface area contributed by atoms with Gasteiger partial charge in [0.1, 0.15) is 0 Å². The summed E-state index contributed by atoms with van der Waals surface area (Å²) in [5.74, 6) is 0.967. The summed E-state index contributed by atoms with van der Waals surface area (Å²) in [5, 5.41) is 3.05. The smallest absolute Gasteiger partial charge is 0.226 e. The molecule has 1 atom stereocenters. The van der Waals surface area contributed by atoms with Gasteiger partial charge in [-0.3, -0.25) is 4.79 Å². The van der Waals surface area contributed by atoms with E-state index in [1.54, 1.807) is 12.4 Å². The summed E-state index contributed by atoms with van der Waals surface area (Å²) in [4.78, 5) is 24.8. The van der Waals surface area contributed by atoms with E-state index in [1.807, 2.05) is 18.9 Å². The second-order valence-corrected chi connectivity index (χ2v) is 5.89. The molecule has 0 spiro atoms. The van der Waals surface area contributed by atoms with Gasteiger partial charge in [0.05, 0.1) is 4.47 Å². The van der Waals surface area contributed by atoms with E-state index in [0.717, 1.165) is 43.1 Å². The van der Waals surface area contributed by atoms with Gasteiger partial charge in [-0.15, -0.1) is 0 Å². The van der Waals surface area contributed by atoms with Gasteiger partial charge in [0.2, 0.25) is 11.9 Å². The first kappa shape index (κ1) is 15.2. The molecule has 1 saturated heterocycles. The zero-order valence-corrected chi connectivity index (χ0v) is 13.4. The van der Waals surface area contributed by atoms with E-state index in [0.29, 0.717) is 0 Å². The molecule has 1 aromatic rings. The molecule has 1 aliphatic heterocycles. The summed E-state index contributed by atoms with van der Waals surface area (Å²) in [6.07, 6.45) is 3.49. The Hall–Kier alpha value is -1.21. The number of rotatable bonds is 4. The zero-order chi connectivity index (χ0) is 14.5. The standard InChI is InChI=1S/C13H20BrN5O/c1-10(7-15-2)12(20)18-3-5-19(6-4-18)13-16-8-11(14)9-17-13/h8-10,15H,3-7H2,1-2H3. The first-order chi connectivity index (χ1) is 9.61. The van der Waals surface area contributed by atoms with Crippen LogP contribution in [0.5, 0.6) is 0 Å². The lowest BCUT2D eigenvalue weighted by Crippen LogP contribution is -2.51. The molecule has 6 nitrogen and oxygen atoms in total. The Kier molecular flexibility index (Phi) is 5.31. The number of aromatic nitrogens is 2. The van der Waals surface area contributed by atoms with E-state index < -0.39 is 0 Å². The van der Waals surface area contributed by atoms with Crippen molar-refractivity contribution >= 4 is 27.8 Å². The number of halogens is 1. The minimum atomic E-state index is 0.0236. The van der Waals surface area contributed by atoms with Crippen LogP contribution in [-0.2, 0) is 4.79 Å². The molecule has 2 heterocycles. The fourth-order valence-corrected chi connectivity index (χ4v) is 2.51. The number of hydrogen-bond acceptors (Lipinski definition) is 5. The van der Waals surface area contributed by atoms with Gasteiger partial charge in [-0.2, -0.15) is 0 Å². The van der Waals surface area contributed by atoms with Gasteiger partial charge in [0.25, 0.3) is 0 Å². The van der Waals surface area contributed by atoms with Gasteiger partial charge >= 0.3 is 0 Å². The summed E-state index contributed by atoms with van der Waals surface area (Å²) in [7, 11) is 1.87. The number of carbonyl (C=O) groups is 1. The van der Waals surface area contributed by atoms with Gasteiger partial charge < -0.3 is 15.1 Å². The Balaban J connectivity index is 1.89. The van der Waals surface area contributed by atoms with Gasteiger partial charge in [0.15, 0.2) is 0 Å². The van der Waals surface area contributed by atoms with Crippen LogP contribution in [0.2, 0.25) is 0 Å². The Labute approximate surface area is 127 Å². The van der Waals surface area contributed by atoms with Crippen LogP contribution in [0.3, 0.4) is 0 Å². The molecule has 1 fully saturated rings. The normalized spacial score (nSPS) is 17.1. The number of anilines is 1. The van der Waals surface area contributed by atoms with Crippen molar-refractivity contribution < 1.29 is 4.79 Å². The third-order valence-corrected chi connectivity index (χ3v) is 3.82. The average molecular weight is 342 g/mol. The summed E-state index contributed by atoms with van der Waals surface area (Å²) in [6.45, 7) is 5.69. The van der Waals surface area contributed by atoms with Crippen molar-refractivity contribution in [1.29, 1.82) is 0 Å². The van der Waals surface area contributed by atoms with Gasteiger partial charge in [-0.05, 0) is 23.0 Å². The van der Waals surface area contributed by atoms with E-state index in [9.17, 15) is 4.79 Å². The molecular formula is C13H20BrN5O. The molecule has 0 aromatic carbocycles.